The maximum atomic E-state index is 12.1. The number of hydrogen-bond acceptors (Lipinski definition) is 5. The van der Waals surface area contributed by atoms with Crippen LogP contribution in [0.2, 0.25) is 0 Å². The van der Waals surface area contributed by atoms with E-state index in [0.717, 1.165) is 22.4 Å². The van der Waals surface area contributed by atoms with Gasteiger partial charge in [0.25, 0.3) is 0 Å². The van der Waals surface area contributed by atoms with E-state index >= 15 is 0 Å². The molecule has 0 saturated carbocycles. The first-order valence-corrected chi connectivity index (χ1v) is 8.68. The van der Waals surface area contributed by atoms with Crippen LogP contribution in [0.1, 0.15) is 29.5 Å². The Kier molecular flexibility index (Phi) is 7.45. The molecule has 2 aromatic rings. The van der Waals surface area contributed by atoms with Crippen molar-refractivity contribution in [2.45, 2.75) is 26.7 Å². The van der Waals surface area contributed by atoms with Gasteiger partial charge in [0.2, 0.25) is 0 Å². The van der Waals surface area contributed by atoms with E-state index in [1.165, 1.54) is 13.2 Å². The van der Waals surface area contributed by atoms with Crippen LogP contribution >= 0.6 is 0 Å². The van der Waals surface area contributed by atoms with E-state index in [4.69, 9.17) is 19.5 Å². The van der Waals surface area contributed by atoms with Crippen molar-refractivity contribution >= 4 is 12.0 Å². The zero-order chi connectivity index (χ0) is 19.6. The van der Waals surface area contributed by atoms with E-state index < -0.39 is 0 Å². The van der Waals surface area contributed by atoms with Crippen molar-refractivity contribution in [1.82, 2.24) is 0 Å². The van der Waals surface area contributed by atoms with Crippen LogP contribution in [0.5, 0.6) is 17.2 Å². The first kappa shape index (κ1) is 20.1. The number of nitrogens with zero attached hydrogens (tertiary/aromatic N) is 1. The third-order valence-electron chi connectivity index (χ3n) is 3.89. The van der Waals surface area contributed by atoms with Gasteiger partial charge < -0.3 is 14.2 Å². The highest BCUT2D eigenvalue weighted by Crippen LogP contribution is 2.29. The van der Waals surface area contributed by atoms with Gasteiger partial charge in [0, 0.05) is 12.5 Å². The highest BCUT2D eigenvalue weighted by Gasteiger charge is 2.11. The molecular weight excluding hydrogens is 342 g/mol. The van der Waals surface area contributed by atoms with E-state index in [9.17, 15) is 4.79 Å². The maximum absolute atomic E-state index is 12.1. The SMILES string of the molecule is COc1cc(/C=C\C#N)ccc1OC(=O)CCCOc1cc(C)ccc1C. The van der Waals surface area contributed by atoms with Crippen LogP contribution in [0.15, 0.2) is 42.5 Å². The Labute approximate surface area is 159 Å². The van der Waals surface area contributed by atoms with Gasteiger partial charge in [0.05, 0.1) is 19.8 Å². The Morgan fingerprint density at radius 3 is 2.67 bits per heavy atom. The molecule has 0 aromatic heterocycles. The smallest absolute Gasteiger partial charge is 0.311 e. The van der Waals surface area contributed by atoms with E-state index in [2.05, 4.69) is 0 Å². The highest BCUT2D eigenvalue weighted by molar-refractivity contribution is 5.73. The molecule has 5 nitrogen and oxygen atoms in total. The number of methoxy groups -OCH3 is 1. The molecule has 0 bridgehead atoms. The topological polar surface area (TPSA) is 68.5 Å². The molecular formula is C22H23NO4. The molecule has 2 aromatic carbocycles. The number of rotatable bonds is 8. The fourth-order valence-corrected chi connectivity index (χ4v) is 2.44. The van der Waals surface area contributed by atoms with Gasteiger partial charge in [-0.15, -0.1) is 0 Å². The maximum Gasteiger partial charge on any atom is 0.311 e. The summed E-state index contributed by atoms with van der Waals surface area (Å²) in [6.45, 7) is 4.44. The molecule has 0 amide bonds. The molecule has 0 heterocycles. The predicted octanol–water partition coefficient (Wildman–Crippen LogP) is 4.61. The number of ether oxygens (including phenoxy) is 3. The first-order valence-electron chi connectivity index (χ1n) is 8.68. The number of benzene rings is 2. The number of allylic oxidation sites excluding steroid dienone is 1. The van der Waals surface area contributed by atoms with Crippen molar-refractivity contribution in [3.05, 3.63) is 59.2 Å². The van der Waals surface area contributed by atoms with Crippen molar-refractivity contribution in [2.24, 2.45) is 0 Å². The predicted molar refractivity (Wildman–Crippen MR) is 104 cm³/mol. The van der Waals surface area contributed by atoms with Crippen LogP contribution in [0.4, 0.5) is 0 Å². The van der Waals surface area contributed by atoms with Crippen LogP contribution in [0, 0.1) is 25.2 Å². The molecule has 0 aliphatic carbocycles. The van der Waals surface area contributed by atoms with Gasteiger partial charge in [-0.1, -0.05) is 18.2 Å². The fraction of sp³-hybridized carbons (Fsp3) is 0.273. The Hall–Kier alpha value is -3.26. The van der Waals surface area contributed by atoms with E-state index in [-0.39, 0.29) is 12.4 Å². The largest absolute Gasteiger partial charge is 0.493 e. The number of carbonyl (C=O) groups is 1. The molecule has 0 unspecified atom stereocenters. The molecule has 0 atom stereocenters. The Bertz CT molecular complexity index is 865. The highest BCUT2D eigenvalue weighted by atomic mass is 16.6. The summed E-state index contributed by atoms with van der Waals surface area (Å²) in [7, 11) is 1.50. The van der Waals surface area contributed by atoms with E-state index in [1.54, 1.807) is 24.3 Å². The monoisotopic (exact) mass is 365 g/mol. The molecule has 0 N–H and O–H groups in total. The molecule has 140 valence electrons. The third-order valence-corrected chi connectivity index (χ3v) is 3.89. The number of carbonyl (C=O) groups excluding carboxylic acids is 1. The Balaban J connectivity index is 1.86. The molecule has 5 heteroatoms. The lowest BCUT2D eigenvalue weighted by Crippen LogP contribution is -2.11. The third kappa shape index (κ3) is 6.19. The first-order chi connectivity index (χ1) is 13.0. The number of esters is 1. The summed E-state index contributed by atoms with van der Waals surface area (Å²) in [4.78, 5) is 12.1. The lowest BCUT2D eigenvalue weighted by Gasteiger charge is -2.11. The average molecular weight is 365 g/mol. The second-order valence-corrected chi connectivity index (χ2v) is 6.07. The van der Waals surface area contributed by atoms with Crippen LogP contribution < -0.4 is 14.2 Å². The molecule has 2 rings (SSSR count). The number of nitriles is 1. The molecule has 0 radical (unpaired) electrons. The quantitative estimate of drug-likeness (QED) is 0.296. The summed E-state index contributed by atoms with van der Waals surface area (Å²) in [6.07, 6.45) is 3.82. The van der Waals surface area contributed by atoms with Gasteiger partial charge in [0.1, 0.15) is 5.75 Å². The minimum Gasteiger partial charge on any atom is -0.493 e. The fourth-order valence-electron chi connectivity index (χ4n) is 2.44. The summed E-state index contributed by atoms with van der Waals surface area (Å²) >= 11 is 0. The number of aryl methyl sites for hydroxylation is 2. The van der Waals surface area contributed by atoms with Gasteiger partial charge in [0.15, 0.2) is 11.5 Å². The van der Waals surface area contributed by atoms with E-state index in [0.29, 0.717) is 24.5 Å². The molecule has 0 spiro atoms. The second kappa shape index (κ2) is 10.0. The van der Waals surface area contributed by atoms with Crippen molar-refractivity contribution < 1.29 is 19.0 Å². The zero-order valence-corrected chi connectivity index (χ0v) is 15.8. The van der Waals surface area contributed by atoms with Crippen molar-refractivity contribution in [1.29, 1.82) is 5.26 Å². The van der Waals surface area contributed by atoms with Crippen molar-refractivity contribution in [2.75, 3.05) is 13.7 Å². The summed E-state index contributed by atoms with van der Waals surface area (Å²) < 4.78 is 16.4. The van der Waals surface area contributed by atoms with Gasteiger partial charge in [-0.2, -0.15) is 5.26 Å². The molecule has 0 saturated heterocycles. The normalized spacial score (nSPS) is 10.4. The van der Waals surface area contributed by atoms with Gasteiger partial charge in [-0.05, 0) is 61.2 Å². The average Bonchev–Trinajstić information content (AvgIpc) is 2.67. The summed E-state index contributed by atoms with van der Waals surface area (Å²) in [5.74, 6) is 1.28. The summed E-state index contributed by atoms with van der Waals surface area (Å²) in [5.41, 5.74) is 2.99. The minimum absolute atomic E-state index is 0.240. The standard InChI is InChI=1S/C22H23NO4/c1-16-8-9-17(2)20(14-16)26-13-5-7-22(24)27-19-11-10-18(6-4-12-23)15-21(19)25-3/h4,6,8-11,14-15H,5,7,13H2,1-3H3/b6-4-. The lowest BCUT2D eigenvalue weighted by atomic mass is 10.1. The van der Waals surface area contributed by atoms with Crippen molar-refractivity contribution in [3.8, 4) is 23.3 Å². The second-order valence-electron chi connectivity index (χ2n) is 6.07. The number of hydrogen-bond donors (Lipinski definition) is 0. The Morgan fingerprint density at radius 2 is 1.93 bits per heavy atom. The zero-order valence-electron chi connectivity index (χ0n) is 15.8. The van der Waals surface area contributed by atoms with Crippen molar-refractivity contribution in [3.63, 3.8) is 0 Å². The van der Waals surface area contributed by atoms with E-state index in [1.807, 2.05) is 38.1 Å². The molecule has 0 aliphatic rings. The van der Waals surface area contributed by atoms with Gasteiger partial charge >= 0.3 is 5.97 Å². The molecule has 0 fully saturated rings. The van der Waals surface area contributed by atoms with Gasteiger partial charge in [-0.25, -0.2) is 0 Å². The molecule has 27 heavy (non-hydrogen) atoms. The van der Waals surface area contributed by atoms with Crippen LogP contribution in [-0.2, 0) is 4.79 Å². The van der Waals surface area contributed by atoms with Crippen LogP contribution in [-0.4, -0.2) is 19.7 Å². The van der Waals surface area contributed by atoms with Gasteiger partial charge in [-0.3, -0.25) is 4.79 Å². The lowest BCUT2D eigenvalue weighted by molar-refractivity contribution is -0.134. The van der Waals surface area contributed by atoms with Crippen LogP contribution in [0.3, 0.4) is 0 Å². The summed E-state index contributed by atoms with van der Waals surface area (Å²) in [5, 5.41) is 8.58. The summed E-state index contributed by atoms with van der Waals surface area (Å²) in [6, 6.07) is 13.1. The minimum atomic E-state index is -0.349. The molecule has 0 aliphatic heterocycles. The van der Waals surface area contributed by atoms with Crippen LogP contribution in [0.25, 0.3) is 6.08 Å². The Morgan fingerprint density at radius 1 is 1.11 bits per heavy atom.